The van der Waals surface area contributed by atoms with Gasteiger partial charge in [0, 0.05) is 6.42 Å². The number of unbranched alkanes of at least 4 members (excludes halogenated alkanes) is 1. The van der Waals surface area contributed by atoms with Gasteiger partial charge in [0.2, 0.25) is 11.8 Å². The van der Waals surface area contributed by atoms with Crippen molar-refractivity contribution in [3.8, 4) is 0 Å². The zero-order valence-electron chi connectivity index (χ0n) is 14.7. The maximum Gasteiger partial charge on any atom is 0.243 e. The summed E-state index contributed by atoms with van der Waals surface area (Å²) in [6.07, 6.45) is 3.02. The van der Waals surface area contributed by atoms with Gasteiger partial charge in [-0.15, -0.1) is 0 Å². The normalized spacial score (nSPS) is 17.9. The number of carbonyl (C=O) groups is 3. The van der Waals surface area contributed by atoms with Gasteiger partial charge < -0.3 is 15.4 Å². The van der Waals surface area contributed by atoms with Crippen molar-refractivity contribution in [2.75, 3.05) is 13.2 Å². The molecular formula is C17H30N2O4. The van der Waals surface area contributed by atoms with Gasteiger partial charge in [-0.25, -0.2) is 0 Å². The number of ketones is 1. The molecule has 6 nitrogen and oxygen atoms in total. The number of Topliss-reactive ketones (excluding diaryl/α,β-unsaturated/α-hetero) is 1. The topological polar surface area (TPSA) is 87.8 Å². The molecule has 1 heterocycles. The molecule has 0 aliphatic carbocycles. The van der Waals surface area contributed by atoms with E-state index in [0.717, 1.165) is 19.3 Å². The molecule has 0 saturated carbocycles. The van der Waals surface area contributed by atoms with Crippen molar-refractivity contribution in [3.63, 3.8) is 0 Å². The molecule has 2 unspecified atom stereocenters. The molecular weight excluding hydrogens is 296 g/mol. The minimum Gasteiger partial charge on any atom is -0.365 e. The molecule has 0 bridgehead atoms. The molecule has 1 aliphatic heterocycles. The summed E-state index contributed by atoms with van der Waals surface area (Å²) < 4.78 is 4.88. The monoisotopic (exact) mass is 326 g/mol. The van der Waals surface area contributed by atoms with Crippen LogP contribution >= 0.6 is 0 Å². The summed E-state index contributed by atoms with van der Waals surface area (Å²) in [4.78, 5) is 35.7. The molecule has 2 N–H and O–H groups in total. The average molecular weight is 326 g/mol. The van der Waals surface area contributed by atoms with E-state index < -0.39 is 6.04 Å². The van der Waals surface area contributed by atoms with E-state index in [4.69, 9.17) is 4.74 Å². The van der Waals surface area contributed by atoms with E-state index in [1.54, 1.807) is 0 Å². The van der Waals surface area contributed by atoms with Crippen molar-refractivity contribution in [3.05, 3.63) is 0 Å². The zero-order chi connectivity index (χ0) is 17.4. The number of hydrogen-bond acceptors (Lipinski definition) is 4. The highest BCUT2D eigenvalue weighted by molar-refractivity contribution is 5.93. The first-order valence-electron chi connectivity index (χ1n) is 8.52. The van der Waals surface area contributed by atoms with Crippen molar-refractivity contribution < 1.29 is 19.1 Å². The second kappa shape index (κ2) is 9.65. The Morgan fingerprint density at radius 3 is 2.30 bits per heavy atom. The van der Waals surface area contributed by atoms with Crippen LogP contribution in [0.1, 0.15) is 53.4 Å². The summed E-state index contributed by atoms with van der Waals surface area (Å²) in [5.41, 5.74) is 0. The van der Waals surface area contributed by atoms with Gasteiger partial charge in [-0.3, -0.25) is 14.4 Å². The first-order valence-corrected chi connectivity index (χ1v) is 8.52. The zero-order valence-corrected chi connectivity index (χ0v) is 14.7. The third-order valence-electron chi connectivity index (χ3n) is 3.83. The summed E-state index contributed by atoms with van der Waals surface area (Å²) in [6.45, 7) is 8.46. The lowest BCUT2D eigenvalue weighted by Crippen LogP contribution is -2.50. The highest BCUT2D eigenvalue weighted by Gasteiger charge is 2.32. The third kappa shape index (κ3) is 8.11. The van der Waals surface area contributed by atoms with Crippen LogP contribution in [0.15, 0.2) is 0 Å². The van der Waals surface area contributed by atoms with Crippen molar-refractivity contribution in [2.24, 2.45) is 11.8 Å². The van der Waals surface area contributed by atoms with Crippen LogP contribution in [0.2, 0.25) is 0 Å². The second-order valence-corrected chi connectivity index (χ2v) is 6.93. The van der Waals surface area contributed by atoms with Crippen molar-refractivity contribution in [2.45, 2.75) is 65.5 Å². The van der Waals surface area contributed by atoms with E-state index in [1.807, 2.05) is 13.8 Å². The van der Waals surface area contributed by atoms with Crippen molar-refractivity contribution in [1.82, 2.24) is 10.6 Å². The van der Waals surface area contributed by atoms with E-state index >= 15 is 0 Å². The van der Waals surface area contributed by atoms with Crippen LogP contribution in [0.4, 0.5) is 0 Å². The Balaban J connectivity index is 2.32. The van der Waals surface area contributed by atoms with Crippen LogP contribution in [-0.2, 0) is 19.1 Å². The molecule has 0 aromatic heterocycles. The number of ether oxygens (including phenoxy) is 1. The minimum absolute atomic E-state index is 0.0399. The fourth-order valence-electron chi connectivity index (χ4n) is 2.25. The Labute approximate surface area is 138 Å². The molecule has 2 amide bonds. The first kappa shape index (κ1) is 19.6. The molecule has 132 valence electrons. The van der Waals surface area contributed by atoms with Gasteiger partial charge in [0.1, 0.15) is 12.1 Å². The number of carbonyl (C=O) groups excluding carboxylic acids is 3. The summed E-state index contributed by atoms with van der Waals surface area (Å²) in [7, 11) is 0. The van der Waals surface area contributed by atoms with E-state index in [2.05, 4.69) is 24.5 Å². The summed E-state index contributed by atoms with van der Waals surface area (Å²) in [5, 5.41) is 5.37. The maximum atomic E-state index is 12.2. The van der Waals surface area contributed by atoms with Crippen molar-refractivity contribution in [1.29, 1.82) is 0 Å². The summed E-state index contributed by atoms with van der Waals surface area (Å²) >= 11 is 0. The van der Waals surface area contributed by atoms with Crippen LogP contribution in [0.3, 0.4) is 0 Å². The number of nitrogens with one attached hydrogen (secondary N) is 2. The minimum atomic E-state index is -0.611. The van der Waals surface area contributed by atoms with E-state index in [-0.39, 0.29) is 36.2 Å². The van der Waals surface area contributed by atoms with Gasteiger partial charge in [-0.05, 0) is 18.3 Å². The molecule has 6 heteroatoms. The smallest absolute Gasteiger partial charge is 0.243 e. The highest BCUT2D eigenvalue weighted by Crippen LogP contribution is 2.10. The lowest BCUT2D eigenvalue weighted by molar-refractivity contribution is -0.131. The molecule has 1 rings (SSSR count). The molecule has 1 aliphatic rings. The molecule has 1 fully saturated rings. The van der Waals surface area contributed by atoms with E-state index in [0.29, 0.717) is 18.9 Å². The van der Waals surface area contributed by atoms with Crippen LogP contribution in [0.25, 0.3) is 0 Å². The third-order valence-corrected chi connectivity index (χ3v) is 3.83. The number of epoxide rings is 1. The van der Waals surface area contributed by atoms with Gasteiger partial charge >= 0.3 is 0 Å². The molecule has 0 spiro atoms. The van der Waals surface area contributed by atoms with Gasteiger partial charge in [0.25, 0.3) is 0 Å². The van der Waals surface area contributed by atoms with Gasteiger partial charge in [-0.2, -0.15) is 0 Å². The fourth-order valence-corrected chi connectivity index (χ4v) is 2.25. The van der Waals surface area contributed by atoms with Gasteiger partial charge in [0.15, 0.2) is 5.78 Å². The average Bonchev–Trinajstić information content (AvgIpc) is 3.30. The Kier molecular flexibility index (Phi) is 8.23. The van der Waals surface area contributed by atoms with Crippen LogP contribution < -0.4 is 10.6 Å². The molecule has 0 aromatic rings. The standard InChI is InChI=1S/C17H30N2O4/c1-11(2)7-5-6-8-15(21)19-16(12(3)4)17(22)18-9-13(20)14-10-23-14/h11-12,14,16H,5-10H2,1-4H3,(H,18,22)(H,19,21). The molecule has 1 saturated heterocycles. The Bertz CT molecular complexity index is 417. The highest BCUT2D eigenvalue weighted by atomic mass is 16.6. The lowest BCUT2D eigenvalue weighted by Gasteiger charge is -2.21. The summed E-state index contributed by atoms with van der Waals surface area (Å²) in [6, 6.07) is -0.611. The molecule has 23 heavy (non-hydrogen) atoms. The Morgan fingerprint density at radius 1 is 1.13 bits per heavy atom. The molecule has 0 aromatic carbocycles. The summed E-state index contributed by atoms with van der Waals surface area (Å²) in [5.74, 6) is 0.0481. The quantitative estimate of drug-likeness (QED) is 0.444. The lowest BCUT2D eigenvalue weighted by atomic mass is 10.0. The first-order chi connectivity index (χ1) is 10.8. The van der Waals surface area contributed by atoms with Crippen molar-refractivity contribution >= 4 is 17.6 Å². The number of amides is 2. The van der Waals surface area contributed by atoms with Gasteiger partial charge in [-0.1, -0.05) is 40.5 Å². The Hall–Kier alpha value is -1.43. The largest absolute Gasteiger partial charge is 0.365 e. The molecule has 0 radical (unpaired) electrons. The second-order valence-electron chi connectivity index (χ2n) is 6.93. The predicted octanol–water partition coefficient (Wildman–Crippen LogP) is 1.43. The van der Waals surface area contributed by atoms with E-state index in [9.17, 15) is 14.4 Å². The fraction of sp³-hybridized carbons (Fsp3) is 0.824. The molecule has 2 atom stereocenters. The SMILES string of the molecule is CC(C)CCCCC(=O)NC(C(=O)NCC(=O)C1CO1)C(C)C. The Morgan fingerprint density at radius 2 is 1.78 bits per heavy atom. The maximum absolute atomic E-state index is 12.2. The van der Waals surface area contributed by atoms with Crippen LogP contribution in [0, 0.1) is 11.8 Å². The van der Waals surface area contributed by atoms with Crippen LogP contribution in [-0.4, -0.2) is 42.9 Å². The number of hydrogen-bond donors (Lipinski definition) is 2. The number of rotatable bonds is 11. The van der Waals surface area contributed by atoms with Crippen LogP contribution in [0.5, 0.6) is 0 Å². The predicted molar refractivity (Wildman–Crippen MR) is 87.8 cm³/mol. The van der Waals surface area contributed by atoms with Gasteiger partial charge in [0.05, 0.1) is 13.2 Å². The van der Waals surface area contributed by atoms with E-state index in [1.165, 1.54) is 0 Å².